The maximum Gasteiger partial charge on any atom is 0.410 e. The molecule has 0 saturated carbocycles. The van der Waals surface area contributed by atoms with E-state index >= 15 is 0 Å². The molecule has 7 heteroatoms. The minimum Gasteiger partial charge on any atom is -0.467 e. The molecule has 2 unspecified atom stereocenters. The number of carbonyl (C=O) groups excluding carboxylic acids is 1. The SMILES string of the molecule is COc1ncc(C2(O)CC3CCC(C2)N3C(=O)OCc2ccccc2)cn1. The Morgan fingerprint density at radius 3 is 2.41 bits per heavy atom. The third kappa shape index (κ3) is 3.47. The van der Waals surface area contributed by atoms with Crippen LogP contribution in [0, 0.1) is 0 Å². The van der Waals surface area contributed by atoms with Crippen molar-refractivity contribution < 1.29 is 19.4 Å². The molecule has 142 valence electrons. The Balaban J connectivity index is 1.44. The van der Waals surface area contributed by atoms with Crippen molar-refractivity contribution in [2.45, 2.75) is 50.0 Å². The molecule has 0 spiro atoms. The molecule has 1 aromatic heterocycles. The number of carbonyl (C=O) groups is 1. The lowest BCUT2D eigenvalue weighted by Gasteiger charge is -2.43. The molecule has 2 fully saturated rings. The number of hydrogen-bond acceptors (Lipinski definition) is 6. The van der Waals surface area contributed by atoms with Crippen molar-refractivity contribution >= 4 is 6.09 Å². The number of amides is 1. The molecule has 0 aliphatic carbocycles. The molecule has 2 atom stereocenters. The lowest BCUT2D eigenvalue weighted by molar-refractivity contribution is -0.0541. The van der Waals surface area contributed by atoms with Crippen LogP contribution in [0.5, 0.6) is 6.01 Å². The molecule has 1 amide bonds. The minimum absolute atomic E-state index is 0.0425. The normalized spacial score (nSPS) is 26.7. The van der Waals surface area contributed by atoms with E-state index in [1.165, 1.54) is 7.11 Å². The number of aromatic nitrogens is 2. The molecule has 2 aliphatic rings. The summed E-state index contributed by atoms with van der Waals surface area (Å²) in [7, 11) is 1.50. The summed E-state index contributed by atoms with van der Waals surface area (Å²) in [4.78, 5) is 22.7. The Morgan fingerprint density at radius 1 is 1.19 bits per heavy atom. The number of nitrogens with zero attached hydrogens (tertiary/aromatic N) is 3. The molecule has 27 heavy (non-hydrogen) atoms. The number of ether oxygens (including phenoxy) is 2. The van der Waals surface area contributed by atoms with Gasteiger partial charge in [-0.2, -0.15) is 0 Å². The Kier molecular flexibility index (Phi) is 4.70. The van der Waals surface area contributed by atoms with E-state index in [2.05, 4.69) is 9.97 Å². The number of piperidine rings is 1. The van der Waals surface area contributed by atoms with Crippen molar-refractivity contribution in [3.63, 3.8) is 0 Å². The predicted molar refractivity (Wildman–Crippen MR) is 97.0 cm³/mol. The molecule has 2 bridgehead atoms. The number of methoxy groups -OCH3 is 1. The largest absolute Gasteiger partial charge is 0.467 e. The zero-order valence-corrected chi connectivity index (χ0v) is 15.2. The van der Waals surface area contributed by atoms with Crippen LogP contribution >= 0.6 is 0 Å². The van der Waals surface area contributed by atoms with E-state index in [1.54, 1.807) is 12.4 Å². The monoisotopic (exact) mass is 369 g/mol. The lowest BCUT2D eigenvalue weighted by Crippen LogP contribution is -2.52. The van der Waals surface area contributed by atoms with Gasteiger partial charge in [0.25, 0.3) is 0 Å². The second-order valence-electron chi connectivity index (χ2n) is 7.23. The molecule has 2 aromatic rings. The van der Waals surface area contributed by atoms with Gasteiger partial charge in [-0.3, -0.25) is 0 Å². The summed E-state index contributed by atoms with van der Waals surface area (Å²) in [6.45, 7) is 0.256. The third-order valence-electron chi connectivity index (χ3n) is 5.53. The first-order valence-electron chi connectivity index (χ1n) is 9.17. The third-order valence-corrected chi connectivity index (χ3v) is 5.53. The summed E-state index contributed by atoms with van der Waals surface area (Å²) in [5, 5.41) is 11.2. The van der Waals surface area contributed by atoms with E-state index in [-0.39, 0.29) is 30.8 Å². The van der Waals surface area contributed by atoms with Crippen molar-refractivity contribution in [1.29, 1.82) is 0 Å². The van der Waals surface area contributed by atoms with Gasteiger partial charge in [-0.1, -0.05) is 30.3 Å². The van der Waals surface area contributed by atoms with Crippen molar-refractivity contribution in [2.75, 3.05) is 7.11 Å². The van der Waals surface area contributed by atoms with Gasteiger partial charge in [-0.05, 0) is 18.4 Å². The van der Waals surface area contributed by atoms with Gasteiger partial charge < -0.3 is 19.5 Å². The van der Waals surface area contributed by atoms with Crippen LogP contribution < -0.4 is 4.74 Å². The van der Waals surface area contributed by atoms with Gasteiger partial charge in [-0.15, -0.1) is 0 Å². The number of aliphatic hydroxyl groups is 1. The fourth-order valence-electron chi connectivity index (χ4n) is 4.21. The Labute approximate surface area is 158 Å². The van der Waals surface area contributed by atoms with E-state index in [4.69, 9.17) is 9.47 Å². The molecule has 2 aliphatic heterocycles. The average molecular weight is 369 g/mol. The summed E-state index contributed by atoms with van der Waals surface area (Å²) in [5.74, 6) is 0. The first-order valence-corrected chi connectivity index (χ1v) is 9.17. The summed E-state index contributed by atoms with van der Waals surface area (Å²) in [6, 6.07) is 9.82. The van der Waals surface area contributed by atoms with Crippen molar-refractivity contribution in [1.82, 2.24) is 14.9 Å². The standard InChI is InChI=1S/C20H23N3O4/c1-26-18-21-11-15(12-22-18)20(25)9-16-7-8-17(10-20)23(16)19(24)27-13-14-5-3-2-4-6-14/h2-6,11-12,16-17,25H,7-10,13H2,1H3. The van der Waals surface area contributed by atoms with Crippen molar-refractivity contribution in [3.8, 4) is 6.01 Å². The van der Waals surface area contributed by atoms with E-state index in [0.717, 1.165) is 18.4 Å². The van der Waals surface area contributed by atoms with E-state index < -0.39 is 5.60 Å². The quantitative estimate of drug-likeness (QED) is 0.892. The summed E-state index contributed by atoms with van der Waals surface area (Å²) < 4.78 is 10.5. The summed E-state index contributed by atoms with van der Waals surface area (Å²) in [6.07, 6.45) is 5.55. The molecule has 3 heterocycles. The van der Waals surface area contributed by atoms with Crippen LogP contribution in [-0.2, 0) is 16.9 Å². The summed E-state index contributed by atoms with van der Waals surface area (Å²) in [5.41, 5.74) is 0.591. The first-order chi connectivity index (χ1) is 13.1. The molecule has 2 saturated heterocycles. The van der Waals surface area contributed by atoms with Crippen LogP contribution in [0.1, 0.15) is 36.8 Å². The van der Waals surface area contributed by atoms with E-state index in [1.807, 2.05) is 35.2 Å². The molecular weight excluding hydrogens is 346 g/mol. The van der Waals surface area contributed by atoms with Crippen LogP contribution in [0.15, 0.2) is 42.7 Å². The number of hydrogen-bond donors (Lipinski definition) is 1. The Morgan fingerprint density at radius 2 is 1.81 bits per heavy atom. The van der Waals surface area contributed by atoms with Gasteiger partial charge in [0.2, 0.25) is 0 Å². The first kappa shape index (κ1) is 17.7. The lowest BCUT2D eigenvalue weighted by atomic mass is 9.82. The van der Waals surface area contributed by atoms with Crippen LogP contribution in [0.2, 0.25) is 0 Å². The summed E-state index contributed by atoms with van der Waals surface area (Å²) >= 11 is 0. The van der Waals surface area contributed by atoms with Gasteiger partial charge in [0.1, 0.15) is 6.61 Å². The smallest absolute Gasteiger partial charge is 0.410 e. The molecule has 1 N–H and O–H groups in total. The molecule has 4 rings (SSSR count). The minimum atomic E-state index is -1.03. The highest BCUT2D eigenvalue weighted by atomic mass is 16.6. The molecular formula is C20H23N3O4. The Hall–Kier alpha value is -2.67. The van der Waals surface area contributed by atoms with Gasteiger partial charge >= 0.3 is 12.1 Å². The van der Waals surface area contributed by atoms with Crippen LogP contribution in [-0.4, -0.2) is 45.3 Å². The maximum atomic E-state index is 12.6. The number of rotatable bonds is 4. The van der Waals surface area contributed by atoms with Gasteiger partial charge in [0.05, 0.1) is 12.7 Å². The highest BCUT2D eigenvalue weighted by molar-refractivity contribution is 5.69. The van der Waals surface area contributed by atoms with E-state index in [9.17, 15) is 9.90 Å². The Bertz CT molecular complexity index is 783. The van der Waals surface area contributed by atoms with Crippen molar-refractivity contribution in [3.05, 3.63) is 53.9 Å². The van der Waals surface area contributed by atoms with Crippen LogP contribution in [0.25, 0.3) is 0 Å². The van der Waals surface area contributed by atoms with Crippen LogP contribution in [0.3, 0.4) is 0 Å². The molecule has 1 aromatic carbocycles. The number of fused-ring (bicyclic) bond motifs is 2. The fraction of sp³-hybridized carbons (Fsp3) is 0.450. The second kappa shape index (κ2) is 7.15. The van der Waals surface area contributed by atoms with Gasteiger partial charge in [0, 0.05) is 42.9 Å². The number of benzene rings is 1. The second-order valence-corrected chi connectivity index (χ2v) is 7.23. The van der Waals surface area contributed by atoms with E-state index in [0.29, 0.717) is 18.4 Å². The highest BCUT2D eigenvalue weighted by Gasteiger charge is 2.50. The zero-order valence-electron chi connectivity index (χ0n) is 15.2. The molecule has 0 radical (unpaired) electrons. The molecule has 7 nitrogen and oxygen atoms in total. The van der Waals surface area contributed by atoms with Gasteiger partial charge in [0.15, 0.2) is 0 Å². The van der Waals surface area contributed by atoms with Crippen molar-refractivity contribution in [2.24, 2.45) is 0 Å². The zero-order chi connectivity index (χ0) is 18.9. The average Bonchev–Trinajstić information content (AvgIpc) is 2.99. The predicted octanol–water partition coefficient (Wildman–Crippen LogP) is 2.64. The topological polar surface area (TPSA) is 84.8 Å². The fourth-order valence-corrected chi connectivity index (χ4v) is 4.21. The highest BCUT2D eigenvalue weighted by Crippen LogP contribution is 2.45. The maximum absolute atomic E-state index is 12.6. The van der Waals surface area contributed by atoms with Gasteiger partial charge in [-0.25, -0.2) is 14.8 Å². The van der Waals surface area contributed by atoms with Crippen LogP contribution in [0.4, 0.5) is 4.79 Å².